The van der Waals surface area contributed by atoms with Gasteiger partial charge in [0.15, 0.2) is 0 Å². The Morgan fingerprint density at radius 2 is 2.20 bits per heavy atom. The van der Waals surface area contributed by atoms with Crippen LogP contribution in [0.2, 0.25) is 0 Å². The Kier molecular flexibility index (Phi) is 5.14. The van der Waals surface area contributed by atoms with E-state index < -0.39 is 0 Å². The molecule has 0 radical (unpaired) electrons. The molecule has 1 fully saturated rings. The second kappa shape index (κ2) is 7.06. The zero-order chi connectivity index (χ0) is 14.4. The first-order chi connectivity index (χ1) is 9.72. The van der Waals surface area contributed by atoms with Crippen LogP contribution >= 0.6 is 0 Å². The highest BCUT2D eigenvalue weighted by molar-refractivity contribution is 5.93. The molecule has 2 rings (SSSR count). The topological polar surface area (TPSA) is 56.1 Å². The number of nitrogens with one attached hydrogen (secondary N) is 1. The molecule has 20 heavy (non-hydrogen) atoms. The molecule has 106 valence electrons. The number of para-hydroxylation sites is 1. The van der Waals surface area contributed by atoms with Gasteiger partial charge >= 0.3 is 0 Å². The van der Waals surface area contributed by atoms with E-state index in [-0.39, 0.29) is 5.91 Å². The highest BCUT2D eigenvalue weighted by Crippen LogP contribution is 2.29. The number of nitriles is 1. The summed E-state index contributed by atoms with van der Waals surface area (Å²) in [5.41, 5.74) is 1.10. The normalized spacial score (nSPS) is 14.1. The maximum absolute atomic E-state index is 12.1. The molecule has 0 atom stereocenters. The van der Waals surface area contributed by atoms with Crippen molar-refractivity contribution in [1.29, 1.82) is 5.26 Å². The lowest BCUT2D eigenvalue weighted by Crippen LogP contribution is -2.35. The van der Waals surface area contributed by atoms with Crippen LogP contribution in [0, 0.1) is 17.2 Å². The van der Waals surface area contributed by atoms with Gasteiger partial charge in [-0.25, -0.2) is 0 Å². The average Bonchev–Trinajstić information content (AvgIpc) is 3.23. The van der Waals surface area contributed by atoms with Crippen molar-refractivity contribution in [2.75, 3.05) is 25.0 Å². The van der Waals surface area contributed by atoms with Gasteiger partial charge in [0.25, 0.3) is 0 Å². The van der Waals surface area contributed by atoms with Gasteiger partial charge in [-0.05, 0) is 43.9 Å². The predicted octanol–water partition coefficient (Wildman–Crippen LogP) is 2.62. The van der Waals surface area contributed by atoms with Crippen LogP contribution in [0.1, 0.15) is 31.7 Å². The van der Waals surface area contributed by atoms with Crippen molar-refractivity contribution in [3.05, 3.63) is 29.8 Å². The molecule has 4 nitrogen and oxygen atoms in total. The van der Waals surface area contributed by atoms with E-state index in [2.05, 4.69) is 23.2 Å². The molecule has 4 heteroatoms. The van der Waals surface area contributed by atoms with E-state index in [9.17, 15) is 4.79 Å². The molecule has 0 aromatic heterocycles. The highest BCUT2D eigenvalue weighted by Gasteiger charge is 2.24. The molecular formula is C16H21N3O. The van der Waals surface area contributed by atoms with E-state index in [1.165, 1.54) is 12.8 Å². The summed E-state index contributed by atoms with van der Waals surface area (Å²) >= 11 is 0. The molecule has 0 aliphatic heterocycles. The van der Waals surface area contributed by atoms with Crippen molar-refractivity contribution in [3.63, 3.8) is 0 Å². The van der Waals surface area contributed by atoms with Crippen LogP contribution in [-0.2, 0) is 4.79 Å². The van der Waals surface area contributed by atoms with E-state index >= 15 is 0 Å². The van der Waals surface area contributed by atoms with E-state index in [0.29, 0.717) is 17.8 Å². The second-order valence-electron chi connectivity index (χ2n) is 5.38. The number of carbonyl (C=O) groups is 1. The summed E-state index contributed by atoms with van der Waals surface area (Å²) in [5.74, 6) is 0.738. The first-order valence-corrected chi connectivity index (χ1v) is 7.24. The van der Waals surface area contributed by atoms with Crippen molar-refractivity contribution in [2.45, 2.75) is 26.2 Å². The summed E-state index contributed by atoms with van der Waals surface area (Å²) in [4.78, 5) is 14.3. The molecule has 1 amide bonds. The van der Waals surface area contributed by atoms with Gasteiger partial charge in [-0.2, -0.15) is 5.26 Å². The SMILES string of the molecule is CCCN(CC(=O)Nc1ccccc1C#N)CC1CC1. The number of benzene rings is 1. The standard InChI is InChI=1S/C16H21N3O/c1-2-9-19(11-13-7-8-13)12-16(20)18-15-6-4-3-5-14(15)10-17/h3-6,13H,2,7-9,11-12H2,1H3,(H,18,20). The summed E-state index contributed by atoms with van der Waals surface area (Å²) in [6.45, 7) is 4.50. The van der Waals surface area contributed by atoms with Crippen LogP contribution in [0.5, 0.6) is 0 Å². The summed E-state index contributed by atoms with van der Waals surface area (Å²) in [6.07, 6.45) is 3.63. The predicted molar refractivity (Wildman–Crippen MR) is 79.2 cm³/mol. The van der Waals surface area contributed by atoms with Crippen molar-refractivity contribution in [2.24, 2.45) is 5.92 Å². The van der Waals surface area contributed by atoms with Crippen molar-refractivity contribution in [3.8, 4) is 6.07 Å². The number of hydrogen-bond donors (Lipinski definition) is 1. The van der Waals surface area contributed by atoms with Crippen LogP contribution in [0.4, 0.5) is 5.69 Å². The summed E-state index contributed by atoms with van der Waals surface area (Å²) in [6, 6.07) is 9.19. The lowest BCUT2D eigenvalue weighted by atomic mass is 10.2. The number of hydrogen-bond acceptors (Lipinski definition) is 3. The molecule has 1 saturated carbocycles. The summed E-state index contributed by atoms with van der Waals surface area (Å²) in [7, 11) is 0. The third kappa shape index (κ3) is 4.36. The fourth-order valence-electron chi connectivity index (χ4n) is 2.30. The van der Waals surface area contributed by atoms with Crippen LogP contribution < -0.4 is 5.32 Å². The van der Waals surface area contributed by atoms with E-state index in [0.717, 1.165) is 25.4 Å². The van der Waals surface area contributed by atoms with Crippen molar-refractivity contribution in [1.82, 2.24) is 4.90 Å². The Balaban J connectivity index is 1.91. The molecule has 0 unspecified atom stereocenters. The van der Waals surface area contributed by atoms with E-state index in [1.807, 2.05) is 6.07 Å². The number of nitrogens with zero attached hydrogens (tertiary/aromatic N) is 2. The Bertz CT molecular complexity index is 503. The van der Waals surface area contributed by atoms with Gasteiger partial charge in [-0.3, -0.25) is 9.69 Å². The smallest absolute Gasteiger partial charge is 0.238 e. The van der Waals surface area contributed by atoms with Crippen LogP contribution in [-0.4, -0.2) is 30.4 Å². The average molecular weight is 271 g/mol. The molecule has 1 N–H and O–H groups in total. The van der Waals surface area contributed by atoms with Crippen molar-refractivity contribution >= 4 is 11.6 Å². The van der Waals surface area contributed by atoms with Gasteiger partial charge in [0.1, 0.15) is 6.07 Å². The fraction of sp³-hybridized carbons (Fsp3) is 0.500. The molecular weight excluding hydrogens is 250 g/mol. The quantitative estimate of drug-likeness (QED) is 0.829. The largest absolute Gasteiger partial charge is 0.324 e. The first-order valence-electron chi connectivity index (χ1n) is 7.24. The van der Waals surface area contributed by atoms with E-state index in [4.69, 9.17) is 5.26 Å². The third-order valence-corrected chi connectivity index (χ3v) is 3.44. The molecule has 0 spiro atoms. The van der Waals surface area contributed by atoms with E-state index in [1.54, 1.807) is 18.2 Å². The van der Waals surface area contributed by atoms with Gasteiger partial charge in [0, 0.05) is 6.54 Å². The maximum Gasteiger partial charge on any atom is 0.238 e. The third-order valence-electron chi connectivity index (χ3n) is 3.44. The lowest BCUT2D eigenvalue weighted by Gasteiger charge is -2.21. The lowest BCUT2D eigenvalue weighted by molar-refractivity contribution is -0.117. The van der Waals surface area contributed by atoms with Crippen LogP contribution in [0.3, 0.4) is 0 Å². The zero-order valence-corrected chi connectivity index (χ0v) is 11.9. The van der Waals surface area contributed by atoms with Gasteiger partial charge in [0.2, 0.25) is 5.91 Å². The summed E-state index contributed by atoms with van der Waals surface area (Å²) in [5, 5.41) is 11.9. The number of rotatable bonds is 7. The number of carbonyl (C=O) groups excluding carboxylic acids is 1. The fourth-order valence-corrected chi connectivity index (χ4v) is 2.30. The van der Waals surface area contributed by atoms with Crippen LogP contribution in [0.25, 0.3) is 0 Å². The molecule has 0 bridgehead atoms. The molecule has 1 aliphatic carbocycles. The Morgan fingerprint density at radius 1 is 1.45 bits per heavy atom. The first kappa shape index (κ1) is 14.5. The molecule has 0 heterocycles. The Morgan fingerprint density at radius 3 is 2.85 bits per heavy atom. The van der Waals surface area contributed by atoms with Gasteiger partial charge in [0.05, 0.1) is 17.8 Å². The monoisotopic (exact) mass is 271 g/mol. The van der Waals surface area contributed by atoms with Crippen molar-refractivity contribution < 1.29 is 4.79 Å². The minimum Gasteiger partial charge on any atom is -0.324 e. The van der Waals surface area contributed by atoms with Crippen LogP contribution in [0.15, 0.2) is 24.3 Å². The van der Waals surface area contributed by atoms with Gasteiger partial charge in [-0.15, -0.1) is 0 Å². The van der Waals surface area contributed by atoms with Gasteiger partial charge in [-0.1, -0.05) is 19.1 Å². The van der Waals surface area contributed by atoms with Gasteiger partial charge < -0.3 is 5.32 Å². The zero-order valence-electron chi connectivity index (χ0n) is 11.9. The number of anilines is 1. The summed E-state index contributed by atoms with van der Waals surface area (Å²) < 4.78 is 0. The second-order valence-corrected chi connectivity index (χ2v) is 5.38. The maximum atomic E-state index is 12.1. The highest BCUT2D eigenvalue weighted by atomic mass is 16.2. The minimum absolute atomic E-state index is 0.0400. The molecule has 1 aliphatic rings. The Hall–Kier alpha value is -1.86. The molecule has 1 aromatic carbocycles. The molecule has 1 aromatic rings. The Labute approximate surface area is 120 Å². The molecule has 0 saturated heterocycles. The number of amides is 1. The minimum atomic E-state index is -0.0400.